The molecule has 23 heavy (non-hydrogen) atoms. The molecule has 116 valence electrons. The Bertz CT molecular complexity index is 792. The van der Waals surface area contributed by atoms with Crippen molar-refractivity contribution in [2.45, 2.75) is 37.4 Å². The Labute approximate surface area is 139 Å². The first-order valence-corrected chi connectivity index (χ1v) is 8.72. The fraction of sp³-hybridized carbons (Fsp3) is 0.333. The molecule has 3 heterocycles. The standard InChI is InChI=1S/C18H17N3OS/c19-10-11-2-1-3-12(8-11)16-6-7-17(23-16)18(22)21-15-9-13-4-5-14(15)20-13/h1-3,6-8,13-15,20H,4-5,9H2,(H,21,22). The summed E-state index contributed by atoms with van der Waals surface area (Å²) >= 11 is 1.47. The highest BCUT2D eigenvalue weighted by atomic mass is 32.1. The zero-order valence-electron chi connectivity index (χ0n) is 12.6. The molecule has 0 aliphatic carbocycles. The Morgan fingerprint density at radius 3 is 2.96 bits per heavy atom. The SMILES string of the molecule is N#Cc1cccc(-c2ccc(C(=O)NC3CC4CCC3N4)s2)c1. The van der Waals surface area contributed by atoms with Crippen molar-refractivity contribution >= 4 is 17.2 Å². The van der Waals surface area contributed by atoms with Gasteiger partial charge in [0.05, 0.1) is 16.5 Å². The Kier molecular flexibility index (Phi) is 3.64. The highest BCUT2D eigenvalue weighted by Gasteiger charge is 2.39. The van der Waals surface area contributed by atoms with Gasteiger partial charge in [0.25, 0.3) is 5.91 Å². The van der Waals surface area contributed by atoms with Crippen molar-refractivity contribution in [3.63, 3.8) is 0 Å². The van der Waals surface area contributed by atoms with E-state index in [4.69, 9.17) is 5.26 Å². The van der Waals surface area contributed by atoms with Crippen molar-refractivity contribution in [3.05, 3.63) is 46.8 Å². The van der Waals surface area contributed by atoms with Gasteiger partial charge in [0.2, 0.25) is 0 Å². The molecule has 0 spiro atoms. The van der Waals surface area contributed by atoms with E-state index in [9.17, 15) is 4.79 Å². The molecule has 1 aromatic carbocycles. The van der Waals surface area contributed by atoms with Crippen molar-refractivity contribution in [1.82, 2.24) is 10.6 Å². The summed E-state index contributed by atoms with van der Waals surface area (Å²) in [4.78, 5) is 14.2. The lowest BCUT2D eigenvalue weighted by molar-refractivity contribution is 0.0935. The Morgan fingerprint density at radius 2 is 2.22 bits per heavy atom. The van der Waals surface area contributed by atoms with E-state index in [1.165, 1.54) is 17.8 Å². The maximum atomic E-state index is 12.5. The van der Waals surface area contributed by atoms with E-state index in [1.807, 2.05) is 30.3 Å². The van der Waals surface area contributed by atoms with Crippen LogP contribution in [0.15, 0.2) is 36.4 Å². The molecule has 1 amide bonds. The van der Waals surface area contributed by atoms with Crippen molar-refractivity contribution < 1.29 is 4.79 Å². The van der Waals surface area contributed by atoms with E-state index in [-0.39, 0.29) is 11.9 Å². The minimum atomic E-state index is 0.0111. The van der Waals surface area contributed by atoms with Gasteiger partial charge in [-0.1, -0.05) is 12.1 Å². The van der Waals surface area contributed by atoms with E-state index >= 15 is 0 Å². The monoisotopic (exact) mass is 323 g/mol. The van der Waals surface area contributed by atoms with Crippen molar-refractivity contribution in [3.8, 4) is 16.5 Å². The molecular formula is C18H17N3OS. The van der Waals surface area contributed by atoms with Gasteiger partial charge < -0.3 is 10.6 Å². The van der Waals surface area contributed by atoms with Crippen LogP contribution in [0.4, 0.5) is 0 Å². The summed E-state index contributed by atoms with van der Waals surface area (Å²) in [6.07, 6.45) is 3.43. The first kappa shape index (κ1) is 14.4. The fourth-order valence-corrected chi connectivity index (χ4v) is 4.49. The van der Waals surface area contributed by atoms with Crippen LogP contribution in [0.3, 0.4) is 0 Å². The van der Waals surface area contributed by atoms with Gasteiger partial charge in [-0.3, -0.25) is 4.79 Å². The summed E-state index contributed by atoms with van der Waals surface area (Å²) in [6, 6.07) is 14.7. The average molecular weight is 323 g/mol. The van der Waals surface area contributed by atoms with Crippen LogP contribution in [-0.2, 0) is 0 Å². The Morgan fingerprint density at radius 1 is 1.30 bits per heavy atom. The lowest BCUT2D eigenvalue weighted by atomic mass is 9.95. The third-order valence-electron chi connectivity index (χ3n) is 4.72. The molecular weight excluding hydrogens is 306 g/mol. The molecule has 2 aliphatic rings. The number of fused-ring (bicyclic) bond motifs is 2. The van der Waals surface area contributed by atoms with Gasteiger partial charge in [-0.05, 0) is 49.1 Å². The van der Waals surface area contributed by atoms with Gasteiger partial charge in [0, 0.05) is 23.0 Å². The summed E-state index contributed by atoms with van der Waals surface area (Å²) in [7, 11) is 0. The van der Waals surface area contributed by atoms with Crippen molar-refractivity contribution in [1.29, 1.82) is 5.26 Å². The largest absolute Gasteiger partial charge is 0.347 e. The van der Waals surface area contributed by atoms with E-state index in [1.54, 1.807) is 6.07 Å². The minimum absolute atomic E-state index is 0.0111. The van der Waals surface area contributed by atoms with Gasteiger partial charge in [-0.15, -0.1) is 11.3 Å². The lowest BCUT2D eigenvalue weighted by Crippen LogP contribution is -2.42. The van der Waals surface area contributed by atoms with E-state index < -0.39 is 0 Å². The van der Waals surface area contributed by atoms with Crippen LogP contribution in [0.5, 0.6) is 0 Å². The van der Waals surface area contributed by atoms with Crippen LogP contribution in [0.1, 0.15) is 34.5 Å². The summed E-state index contributed by atoms with van der Waals surface area (Å²) < 4.78 is 0. The second-order valence-electron chi connectivity index (χ2n) is 6.22. The van der Waals surface area contributed by atoms with Gasteiger partial charge >= 0.3 is 0 Å². The van der Waals surface area contributed by atoms with E-state index in [0.717, 1.165) is 28.2 Å². The normalized spacial score (nSPS) is 25.3. The molecule has 2 fully saturated rings. The molecule has 3 atom stereocenters. The number of carbonyl (C=O) groups is 1. The third-order valence-corrected chi connectivity index (χ3v) is 5.86. The Hall–Kier alpha value is -2.16. The number of amides is 1. The van der Waals surface area contributed by atoms with Gasteiger partial charge in [0.15, 0.2) is 0 Å². The van der Waals surface area contributed by atoms with Crippen molar-refractivity contribution in [2.24, 2.45) is 0 Å². The summed E-state index contributed by atoms with van der Waals surface area (Å²) in [6.45, 7) is 0. The second-order valence-corrected chi connectivity index (χ2v) is 7.30. The van der Waals surface area contributed by atoms with Gasteiger partial charge in [-0.2, -0.15) is 5.26 Å². The molecule has 2 saturated heterocycles. The quantitative estimate of drug-likeness (QED) is 0.913. The van der Waals surface area contributed by atoms with Gasteiger partial charge in [0.1, 0.15) is 0 Å². The number of nitrogens with zero attached hydrogens (tertiary/aromatic N) is 1. The molecule has 4 nitrogen and oxygen atoms in total. The van der Waals surface area contributed by atoms with Crippen LogP contribution in [-0.4, -0.2) is 24.0 Å². The summed E-state index contributed by atoms with van der Waals surface area (Å²) in [5, 5.41) is 15.7. The van der Waals surface area contributed by atoms with Crippen LogP contribution in [0.25, 0.3) is 10.4 Å². The smallest absolute Gasteiger partial charge is 0.261 e. The number of nitrogens with one attached hydrogen (secondary N) is 2. The average Bonchev–Trinajstić information content (AvgIpc) is 3.31. The number of hydrogen-bond acceptors (Lipinski definition) is 4. The second kappa shape index (κ2) is 5.80. The molecule has 2 aromatic rings. The molecule has 5 heteroatoms. The zero-order chi connectivity index (χ0) is 15.8. The first-order valence-electron chi connectivity index (χ1n) is 7.90. The molecule has 2 N–H and O–H groups in total. The van der Waals surface area contributed by atoms with Crippen LogP contribution in [0, 0.1) is 11.3 Å². The fourth-order valence-electron chi connectivity index (χ4n) is 3.58. The minimum Gasteiger partial charge on any atom is -0.347 e. The molecule has 3 unspecified atom stereocenters. The predicted molar refractivity (Wildman–Crippen MR) is 90.3 cm³/mol. The van der Waals surface area contributed by atoms with Crippen LogP contribution in [0.2, 0.25) is 0 Å². The number of thiophene rings is 1. The topological polar surface area (TPSA) is 64.9 Å². The first-order chi connectivity index (χ1) is 11.2. The molecule has 0 radical (unpaired) electrons. The number of carbonyl (C=O) groups excluding carboxylic acids is 1. The van der Waals surface area contributed by atoms with Crippen LogP contribution >= 0.6 is 11.3 Å². The molecule has 4 rings (SSSR count). The molecule has 1 aromatic heterocycles. The Balaban J connectivity index is 1.49. The van der Waals surface area contributed by atoms with Gasteiger partial charge in [-0.25, -0.2) is 0 Å². The predicted octanol–water partition coefficient (Wildman–Crippen LogP) is 2.91. The molecule has 2 aliphatic heterocycles. The number of benzene rings is 1. The third kappa shape index (κ3) is 2.76. The maximum absolute atomic E-state index is 12.5. The van der Waals surface area contributed by atoms with E-state index in [2.05, 4.69) is 16.7 Å². The zero-order valence-corrected chi connectivity index (χ0v) is 13.4. The molecule has 2 bridgehead atoms. The molecule has 0 saturated carbocycles. The van der Waals surface area contributed by atoms with E-state index in [0.29, 0.717) is 17.6 Å². The number of rotatable bonds is 3. The van der Waals surface area contributed by atoms with Crippen molar-refractivity contribution in [2.75, 3.05) is 0 Å². The summed E-state index contributed by atoms with van der Waals surface area (Å²) in [5.74, 6) is 0.0111. The summed E-state index contributed by atoms with van der Waals surface area (Å²) in [5.41, 5.74) is 1.62. The number of nitriles is 1. The lowest BCUT2D eigenvalue weighted by Gasteiger charge is -2.20. The maximum Gasteiger partial charge on any atom is 0.261 e. The highest BCUT2D eigenvalue weighted by Crippen LogP contribution is 2.31. The number of hydrogen-bond donors (Lipinski definition) is 2. The van der Waals surface area contributed by atoms with Crippen LogP contribution < -0.4 is 10.6 Å². The highest BCUT2D eigenvalue weighted by molar-refractivity contribution is 7.17.